The van der Waals surface area contributed by atoms with Gasteiger partial charge in [-0.3, -0.25) is 4.79 Å². The highest BCUT2D eigenvalue weighted by molar-refractivity contribution is 7.89. The van der Waals surface area contributed by atoms with E-state index < -0.39 is 10.0 Å². The summed E-state index contributed by atoms with van der Waals surface area (Å²) in [6, 6.07) is 4.80. The summed E-state index contributed by atoms with van der Waals surface area (Å²) in [7, 11) is -3.78. The smallest absolute Gasteiger partial charge is 0.238 e. The molecule has 6 heteroatoms. The van der Waals surface area contributed by atoms with E-state index >= 15 is 0 Å². The molecule has 1 fully saturated rings. The second-order valence-electron chi connectivity index (χ2n) is 5.82. The fourth-order valence-corrected chi connectivity index (χ4v) is 3.85. The quantitative estimate of drug-likeness (QED) is 0.895. The Labute approximate surface area is 126 Å². The molecule has 0 atom stereocenters. The summed E-state index contributed by atoms with van der Waals surface area (Å²) in [4.78, 5) is 12.6. The van der Waals surface area contributed by atoms with Gasteiger partial charge in [-0.25, -0.2) is 13.6 Å². The minimum Gasteiger partial charge on any atom is -0.326 e. The maximum absolute atomic E-state index is 12.5. The van der Waals surface area contributed by atoms with E-state index in [2.05, 4.69) is 5.32 Å². The minimum absolute atomic E-state index is 0.0216. The number of carbonyl (C=O) groups is 1. The molecule has 5 nitrogen and oxygen atoms in total. The molecule has 2 rings (SSSR count). The van der Waals surface area contributed by atoms with E-state index in [-0.39, 0.29) is 16.2 Å². The average Bonchev–Trinajstić information content (AvgIpc) is 2.89. The molecule has 1 aliphatic rings. The lowest BCUT2D eigenvalue weighted by Gasteiger charge is -2.26. The number of carbonyl (C=O) groups excluding carboxylic acids is 1. The minimum atomic E-state index is -3.78. The second-order valence-corrected chi connectivity index (χ2v) is 7.35. The van der Waals surface area contributed by atoms with Gasteiger partial charge in [-0.05, 0) is 43.9 Å². The summed E-state index contributed by atoms with van der Waals surface area (Å²) in [5.74, 6) is -0.0216. The number of primary sulfonamides is 1. The third kappa shape index (κ3) is 3.27. The number of nitrogens with one attached hydrogen (secondary N) is 1. The fraction of sp³-hybridized carbons (Fsp3) is 0.533. The van der Waals surface area contributed by atoms with Crippen LogP contribution in [0.3, 0.4) is 0 Å². The van der Waals surface area contributed by atoms with Crippen LogP contribution in [0.2, 0.25) is 0 Å². The molecule has 1 aliphatic carbocycles. The van der Waals surface area contributed by atoms with Crippen LogP contribution in [-0.4, -0.2) is 14.3 Å². The Morgan fingerprint density at radius 1 is 1.33 bits per heavy atom. The van der Waals surface area contributed by atoms with Gasteiger partial charge in [0.15, 0.2) is 0 Å². The van der Waals surface area contributed by atoms with Crippen LogP contribution in [0.1, 0.15) is 44.6 Å². The van der Waals surface area contributed by atoms with Gasteiger partial charge >= 0.3 is 0 Å². The molecule has 0 unspecified atom stereocenters. The molecule has 0 saturated heterocycles. The predicted molar refractivity (Wildman–Crippen MR) is 82.4 cm³/mol. The number of anilines is 1. The molecule has 0 radical (unpaired) electrons. The van der Waals surface area contributed by atoms with Crippen molar-refractivity contribution in [1.29, 1.82) is 0 Å². The number of nitrogens with two attached hydrogens (primary N) is 1. The van der Waals surface area contributed by atoms with Gasteiger partial charge in [-0.15, -0.1) is 0 Å². The van der Waals surface area contributed by atoms with Gasteiger partial charge in [0.2, 0.25) is 15.9 Å². The molecule has 0 aliphatic heterocycles. The van der Waals surface area contributed by atoms with Gasteiger partial charge in [0, 0.05) is 11.1 Å². The maximum Gasteiger partial charge on any atom is 0.238 e. The van der Waals surface area contributed by atoms with Crippen LogP contribution >= 0.6 is 0 Å². The third-order valence-electron chi connectivity index (χ3n) is 4.47. The lowest BCUT2D eigenvalue weighted by Crippen LogP contribution is -2.33. The van der Waals surface area contributed by atoms with Crippen molar-refractivity contribution in [3.8, 4) is 0 Å². The monoisotopic (exact) mass is 310 g/mol. The van der Waals surface area contributed by atoms with E-state index in [0.29, 0.717) is 11.3 Å². The molecule has 21 heavy (non-hydrogen) atoms. The molecule has 1 aromatic rings. The molecule has 0 bridgehead atoms. The van der Waals surface area contributed by atoms with Crippen LogP contribution in [0.25, 0.3) is 0 Å². The first-order chi connectivity index (χ1) is 9.78. The maximum atomic E-state index is 12.5. The Bertz CT molecular complexity index is 647. The zero-order chi connectivity index (χ0) is 15.7. The highest BCUT2D eigenvalue weighted by Crippen LogP contribution is 2.41. The Morgan fingerprint density at radius 2 is 1.95 bits per heavy atom. The number of amides is 1. The topological polar surface area (TPSA) is 89.3 Å². The highest BCUT2D eigenvalue weighted by atomic mass is 32.2. The number of aryl methyl sites for hydroxylation is 1. The van der Waals surface area contributed by atoms with Crippen molar-refractivity contribution in [2.24, 2.45) is 10.6 Å². The molecule has 0 heterocycles. The van der Waals surface area contributed by atoms with Crippen molar-refractivity contribution >= 4 is 21.6 Å². The highest BCUT2D eigenvalue weighted by Gasteiger charge is 2.39. The van der Waals surface area contributed by atoms with Crippen molar-refractivity contribution in [2.45, 2.75) is 50.8 Å². The van der Waals surface area contributed by atoms with Crippen molar-refractivity contribution < 1.29 is 13.2 Å². The van der Waals surface area contributed by atoms with Crippen LogP contribution in [-0.2, 0) is 14.8 Å². The zero-order valence-electron chi connectivity index (χ0n) is 12.5. The normalized spacial score (nSPS) is 17.7. The molecule has 0 aromatic heterocycles. The van der Waals surface area contributed by atoms with E-state index in [1.165, 1.54) is 6.07 Å². The largest absolute Gasteiger partial charge is 0.326 e. The van der Waals surface area contributed by atoms with Crippen molar-refractivity contribution in [2.75, 3.05) is 5.32 Å². The van der Waals surface area contributed by atoms with Crippen molar-refractivity contribution in [3.63, 3.8) is 0 Å². The fourth-order valence-electron chi connectivity index (χ4n) is 3.04. The lowest BCUT2D eigenvalue weighted by atomic mass is 9.82. The first-order valence-corrected chi connectivity index (χ1v) is 8.78. The summed E-state index contributed by atoms with van der Waals surface area (Å²) in [5, 5.41) is 8.05. The molecule has 0 spiro atoms. The summed E-state index contributed by atoms with van der Waals surface area (Å²) in [6.07, 6.45) is 4.72. The summed E-state index contributed by atoms with van der Waals surface area (Å²) in [5.41, 5.74) is 0.739. The molecular weight excluding hydrogens is 288 g/mol. The number of hydrogen-bond donors (Lipinski definition) is 2. The summed E-state index contributed by atoms with van der Waals surface area (Å²) >= 11 is 0. The standard InChI is InChI=1S/C15H22N2O3S/c1-3-15(8-4-5-9-15)14(18)17-12-7-6-11(2)13(10-12)21(16,19)20/h6-7,10H,3-5,8-9H2,1-2H3,(H,17,18)(H2,16,19,20). The average molecular weight is 310 g/mol. The van der Waals surface area contributed by atoms with Gasteiger partial charge < -0.3 is 5.32 Å². The SMILES string of the molecule is CCC1(C(=O)Nc2ccc(C)c(S(N)(=O)=O)c2)CCCC1. The zero-order valence-corrected chi connectivity index (χ0v) is 13.3. The molecule has 116 valence electrons. The van der Waals surface area contributed by atoms with E-state index in [4.69, 9.17) is 5.14 Å². The Hall–Kier alpha value is -1.40. The molecule has 3 N–H and O–H groups in total. The van der Waals surface area contributed by atoms with Crippen LogP contribution in [0.15, 0.2) is 23.1 Å². The summed E-state index contributed by atoms with van der Waals surface area (Å²) in [6.45, 7) is 3.70. The van der Waals surface area contributed by atoms with Crippen LogP contribution in [0.4, 0.5) is 5.69 Å². The Balaban J connectivity index is 2.26. The van der Waals surface area contributed by atoms with E-state index in [0.717, 1.165) is 32.1 Å². The Morgan fingerprint density at radius 3 is 2.48 bits per heavy atom. The van der Waals surface area contributed by atoms with Crippen LogP contribution < -0.4 is 10.5 Å². The lowest BCUT2D eigenvalue weighted by molar-refractivity contribution is -0.125. The van der Waals surface area contributed by atoms with E-state index in [1.54, 1.807) is 19.1 Å². The number of sulfonamides is 1. The first-order valence-electron chi connectivity index (χ1n) is 7.23. The molecule has 1 amide bonds. The summed E-state index contributed by atoms with van der Waals surface area (Å²) < 4.78 is 23.1. The van der Waals surface area contributed by atoms with Gasteiger partial charge in [-0.2, -0.15) is 0 Å². The Kier molecular flexibility index (Phi) is 4.39. The van der Waals surface area contributed by atoms with E-state index in [1.807, 2.05) is 6.92 Å². The van der Waals surface area contributed by atoms with Crippen molar-refractivity contribution in [3.05, 3.63) is 23.8 Å². The van der Waals surface area contributed by atoms with E-state index in [9.17, 15) is 13.2 Å². The predicted octanol–water partition coefficient (Wildman–Crippen LogP) is 2.55. The van der Waals surface area contributed by atoms with Crippen LogP contribution in [0.5, 0.6) is 0 Å². The molecule has 1 saturated carbocycles. The number of rotatable bonds is 4. The van der Waals surface area contributed by atoms with Gasteiger partial charge in [0.05, 0.1) is 4.90 Å². The number of hydrogen-bond acceptors (Lipinski definition) is 3. The molecular formula is C15H22N2O3S. The van der Waals surface area contributed by atoms with Gasteiger partial charge in [0.25, 0.3) is 0 Å². The number of benzene rings is 1. The molecule has 1 aromatic carbocycles. The first kappa shape index (κ1) is 16.0. The third-order valence-corrected chi connectivity index (χ3v) is 5.52. The van der Waals surface area contributed by atoms with Crippen molar-refractivity contribution in [1.82, 2.24) is 0 Å². The van der Waals surface area contributed by atoms with Crippen LogP contribution in [0, 0.1) is 12.3 Å². The van der Waals surface area contributed by atoms with Gasteiger partial charge in [-0.1, -0.05) is 25.8 Å². The van der Waals surface area contributed by atoms with Gasteiger partial charge in [0.1, 0.15) is 0 Å². The second kappa shape index (κ2) is 5.77.